The van der Waals surface area contributed by atoms with Crippen LogP contribution in [-0.4, -0.2) is 47.4 Å². The van der Waals surface area contributed by atoms with Gasteiger partial charge in [-0.1, -0.05) is 25.1 Å². The molecule has 3 aromatic rings. The molecule has 0 saturated heterocycles. The number of carbonyl (C=O) groups excluding carboxylic acids is 3. The average Bonchev–Trinajstić information content (AvgIpc) is 3.58. The van der Waals surface area contributed by atoms with E-state index in [0.717, 1.165) is 12.0 Å². The Bertz CT molecular complexity index is 1500. The number of nitrogens with zero attached hydrogens (tertiary/aromatic N) is 1. The summed E-state index contributed by atoms with van der Waals surface area (Å²) in [5.74, 6) is -2.97. The van der Waals surface area contributed by atoms with E-state index in [-0.39, 0.29) is 37.7 Å². The molecule has 1 N–H and O–H groups in total. The van der Waals surface area contributed by atoms with Crippen molar-refractivity contribution in [2.75, 3.05) is 19.8 Å². The van der Waals surface area contributed by atoms with E-state index < -0.39 is 47.0 Å². The van der Waals surface area contributed by atoms with Gasteiger partial charge in [0.2, 0.25) is 0 Å². The van der Waals surface area contributed by atoms with Crippen molar-refractivity contribution in [2.45, 2.75) is 52.5 Å². The van der Waals surface area contributed by atoms with Gasteiger partial charge in [-0.05, 0) is 73.4 Å². The fourth-order valence-electron chi connectivity index (χ4n) is 4.98. The van der Waals surface area contributed by atoms with Gasteiger partial charge >= 0.3 is 17.9 Å². The van der Waals surface area contributed by atoms with E-state index in [1.807, 2.05) is 6.07 Å². The van der Waals surface area contributed by atoms with Crippen molar-refractivity contribution in [3.05, 3.63) is 75.3 Å². The topological polar surface area (TPSA) is 121 Å². The molecule has 0 aliphatic heterocycles. The first kappa shape index (κ1) is 28.8. The second-order valence-corrected chi connectivity index (χ2v) is 10.1. The van der Waals surface area contributed by atoms with Crippen LogP contribution in [0.4, 0.5) is 4.39 Å². The highest BCUT2D eigenvalue weighted by Crippen LogP contribution is 2.61. The highest BCUT2D eigenvalue weighted by atomic mass is 19.1. The number of hydrogen-bond donors (Lipinski definition) is 1. The summed E-state index contributed by atoms with van der Waals surface area (Å²) in [6, 6.07) is 11.0. The van der Waals surface area contributed by atoms with Crippen molar-refractivity contribution in [2.24, 2.45) is 5.41 Å². The molecule has 0 bridgehead atoms. The van der Waals surface area contributed by atoms with E-state index in [1.165, 1.54) is 16.7 Å². The Balaban J connectivity index is 1.60. The zero-order chi connectivity index (χ0) is 29.0. The summed E-state index contributed by atoms with van der Waals surface area (Å²) in [5.41, 5.74) is 0.604. The van der Waals surface area contributed by atoms with Gasteiger partial charge in [0.1, 0.15) is 18.0 Å². The van der Waals surface area contributed by atoms with Gasteiger partial charge in [-0.2, -0.15) is 0 Å². The Hall–Kier alpha value is -4.21. The number of benzene rings is 2. The van der Waals surface area contributed by atoms with Crippen LogP contribution in [0.2, 0.25) is 0 Å². The van der Waals surface area contributed by atoms with E-state index in [4.69, 9.17) is 14.2 Å². The molecule has 1 saturated carbocycles. The third-order valence-corrected chi connectivity index (χ3v) is 7.28. The molecule has 0 amide bonds. The van der Waals surface area contributed by atoms with Gasteiger partial charge in [-0.3, -0.25) is 14.4 Å². The van der Waals surface area contributed by atoms with Gasteiger partial charge in [0.25, 0.3) is 5.56 Å². The molecule has 40 heavy (non-hydrogen) atoms. The molecule has 2 atom stereocenters. The molecular weight excluding hydrogens is 521 g/mol. The van der Waals surface area contributed by atoms with Gasteiger partial charge in [0, 0.05) is 5.39 Å². The number of ether oxygens (including phenoxy) is 3. The first-order valence-electron chi connectivity index (χ1n) is 13.2. The maximum Gasteiger partial charge on any atom is 0.347 e. The smallest absolute Gasteiger partial charge is 0.347 e. The summed E-state index contributed by atoms with van der Waals surface area (Å²) in [5, 5.41) is 11.4. The fourth-order valence-corrected chi connectivity index (χ4v) is 4.98. The monoisotopic (exact) mass is 553 g/mol. The molecule has 1 unspecified atom stereocenters. The van der Waals surface area contributed by atoms with Gasteiger partial charge in [0.05, 0.1) is 31.9 Å². The predicted octanol–water partition coefficient (Wildman–Crippen LogP) is 4.45. The highest BCUT2D eigenvalue weighted by Gasteiger charge is 2.50. The standard InChI is InChI=1S/C30H32FNO8/c1-4-38-24(33)15-25(34)40-13-12-30(3)16-22(30)19-8-11-23-21(14-19)27(35)26(29(37)39-5-2)28(36)32(23)17-18-6-9-20(31)10-7-18/h6-11,14,22,35H,4-5,12-13,15-17H2,1-3H3/t22-,30?/m1/s1. The summed E-state index contributed by atoms with van der Waals surface area (Å²) in [6.45, 7) is 5.74. The zero-order valence-electron chi connectivity index (χ0n) is 22.7. The second-order valence-electron chi connectivity index (χ2n) is 10.1. The van der Waals surface area contributed by atoms with Crippen LogP contribution in [-0.2, 0) is 30.3 Å². The van der Waals surface area contributed by atoms with E-state index in [9.17, 15) is 28.7 Å². The van der Waals surface area contributed by atoms with Crippen LogP contribution in [0.25, 0.3) is 10.9 Å². The number of aromatic nitrogens is 1. The molecule has 1 heterocycles. The average molecular weight is 554 g/mol. The van der Waals surface area contributed by atoms with Crippen molar-refractivity contribution in [1.82, 2.24) is 4.57 Å². The van der Waals surface area contributed by atoms with Crippen LogP contribution in [0, 0.1) is 11.2 Å². The SMILES string of the molecule is CCOC(=O)CC(=O)OCCC1(C)C[C@@H]1c1ccc2c(c1)c(O)c(C(=O)OCC)c(=O)n2Cc1ccc(F)cc1. The van der Waals surface area contributed by atoms with Crippen LogP contribution in [0.15, 0.2) is 47.3 Å². The van der Waals surface area contributed by atoms with E-state index in [0.29, 0.717) is 22.9 Å². The van der Waals surface area contributed by atoms with Crippen molar-refractivity contribution in [3.8, 4) is 5.75 Å². The number of rotatable bonds is 11. The van der Waals surface area contributed by atoms with Crippen molar-refractivity contribution in [3.63, 3.8) is 0 Å². The molecule has 9 nitrogen and oxygen atoms in total. The van der Waals surface area contributed by atoms with Gasteiger partial charge in [-0.25, -0.2) is 9.18 Å². The van der Waals surface area contributed by atoms with Crippen LogP contribution in [0.1, 0.15) is 67.4 Å². The lowest BCUT2D eigenvalue weighted by Gasteiger charge is -2.17. The lowest BCUT2D eigenvalue weighted by molar-refractivity contribution is -0.154. The van der Waals surface area contributed by atoms with E-state index in [1.54, 1.807) is 38.1 Å². The summed E-state index contributed by atoms with van der Waals surface area (Å²) in [4.78, 5) is 49.4. The summed E-state index contributed by atoms with van der Waals surface area (Å²) in [6.07, 6.45) is 0.934. The number of fused-ring (bicyclic) bond motifs is 1. The van der Waals surface area contributed by atoms with E-state index >= 15 is 0 Å². The van der Waals surface area contributed by atoms with Crippen molar-refractivity contribution in [1.29, 1.82) is 0 Å². The summed E-state index contributed by atoms with van der Waals surface area (Å²) >= 11 is 0. The van der Waals surface area contributed by atoms with Gasteiger partial charge in [0.15, 0.2) is 5.56 Å². The number of esters is 3. The maximum atomic E-state index is 13.4. The van der Waals surface area contributed by atoms with Crippen LogP contribution < -0.4 is 5.56 Å². The molecule has 0 spiro atoms. The van der Waals surface area contributed by atoms with Crippen molar-refractivity contribution < 1.29 is 38.1 Å². The minimum Gasteiger partial charge on any atom is -0.506 e. The number of aromatic hydroxyl groups is 1. The highest BCUT2D eigenvalue weighted by molar-refractivity contribution is 5.99. The van der Waals surface area contributed by atoms with Crippen LogP contribution in [0.5, 0.6) is 5.75 Å². The molecule has 1 fully saturated rings. The molecule has 1 aromatic heterocycles. The lowest BCUT2D eigenvalue weighted by atomic mass is 9.96. The minimum absolute atomic E-state index is 0.0263. The Labute approximate surface area is 230 Å². The second kappa shape index (κ2) is 11.9. The molecular formula is C30H32FNO8. The van der Waals surface area contributed by atoms with E-state index in [2.05, 4.69) is 6.92 Å². The molecule has 1 aliphatic carbocycles. The maximum absolute atomic E-state index is 13.4. The van der Waals surface area contributed by atoms with Crippen molar-refractivity contribution >= 4 is 28.8 Å². The molecule has 1 aliphatic rings. The molecule has 2 aromatic carbocycles. The zero-order valence-corrected chi connectivity index (χ0v) is 22.7. The van der Waals surface area contributed by atoms with Crippen LogP contribution >= 0.6 is 0 Å². The summed E-state index contributed by atoms with van der Waals surface area (Å²) < 4.78 is 29.8. The number of hydrogen-bond acceptors (Lipinski definition) is 8. The minimum atomic E-state index is -0.925. The fraction of sp³-hybridized carbons (Fsp3) is 0.400. The Morgan fingerprint density at radius 3 is 2.38 bits per heavy atom. The normalized spacial score (nSPS) is 17.9. The molecule has 0 radical (unpaired) electrons. The lowest BCUT2D eigenvalue weighted by Crippen LogP contribution is -2.28. The first-order valence-corrected chi connectivity index (χ1v) is 13.2. The largest absolute Gasteiger partial charge is 0.506 e. The number of halogens is 1. The third kappa shape index (κ3) is 6.16. The Morgan fingerprint density at radius 1 is 1.02 bits per heavy atom. The molecule has 4 rings (SSSR count). The number of carbonyl (C=O) groups is 3. The Morgan fingerprint density at radius 2 is 1.70 bits per heavy atom. The van der Waals surface area contributed by atoms with Gasteiger partial charge < -0.3 is 23.9 Å². The predicted molar refractivity (Wildman–Crippen MR) is 144 cm³/mol. The quantitative estimate of drug-likeness (QED) is 0.210. The molecule has 212 valence electrons. The number of pyridine rings is 1. The summed E-state index contributed by atoms with van der Waals surface area (Å²) in [7, 11) is 0. The molecule has 10 heteroatoms. The third-order valence-electron chi connectivity index (χ3n) is 7.28. The van der Waals surface area contributed by atoms with Crippen LogP contribution in [0.3, 0.4) is 0 Å². The van der Waals surface area contributed by atoms with Gasteiger partial charge in [-0.15, -0.1) is 0 Å². The Kier molecular flexibility index (Phi) is 8.56. The first-order chi connectivity index (χ1) is 19.1.